The van der Waals surface area contributed by atoms with E-state index < -0.39 is 0 Å². The molecule has 2 aliphatic heterocycles. The van der Waals surface area contributed by atoms with Crippen molar-refractivity contribution >= 4 is 78.8 Å². The molecule has 0 spiro atoms. The molecule has 0 radical (unpaired) electrons. The highest BCUT2D eigenvalue weighted by Crippen LogP contribution is 2.52. The van der Waals surface area contributed by atoms with Gasteiger partial charge in [0.25, 0.3) is 0 Å². The number of aryl methyl sites for hydroxylation is 2. The Hall–Kier alpha value is -6.52. The van der Waals surface area contributed by atoms with Crippen molar-refractivity contribution in [2.45, 2.75) is 118 Å². The molecule has 8 aromatic carbocycles. The van der Waals surface area contributed by atoms with Gasteiger partial charge in [-0.25, -0.2) is 0 Å². The van der Waals surface area contributed by atoms with Crippen molar-refractivity contribution in [1.82, 2.24) is 4.57 Å². The summed E-state index contributed by atoms with van der Waals surface area (Å²) in [6, 6.07) is 56.8. The van der Waals surface area contributed by atoms with E-state index in [-0.39, 0.29) is 28.5 Å². The zero-order valence-corrected chi connectivity index (χ0v) is 42.2. The lowest BCUT2D eigenvalue weighted by Gasteiger charge is -2.46. The first-order chi connectivity index (χ1) is 32.3. The largest absolute Gasteiger partial charge is 0.376 e. The first-order valence-corrected chi connectivity index (χ1v) is 25.0. The Kier molecular flexibility index (Phi) is 9.13. The van der Waals surface area contributed by atoms with Gasteiger partial charge in [0.15, 0.2) is 0 Å². The first-order valence-electron chi connectivity index (χ1n) is 25.0. The summed E-state index contributed by atoms with van der Waals surface area (Å²) in [5, 5.41) is 5.16. The molecule has 1 aliphatic carbocycles. The Labute approximate surface area is 404 Å². The van der Waals surface area contributed by atoms with Crippen molar-refractivity contribution < 1.29 is 0 Å². The number of fused-ring (bicyclic) bond motifs is 9. The van der Waals surface area contributed by atoms with E-state index in [0.717, 1.165) is 17.1 Å². The van der Waals surface area contributed by atoms with Crippen LogP contribution in [0.15, 0.2) is 146 Å². The van der Waals surface area contributed by atoms with Gasteiger partial charge in [-0.3, -0.25) is 0 Å². The van der Waals surface area contributed by atoms with Gasteiger partial charge < -0.3 is 14.3 Å². The van der Waals surface area contributed by atoms with Crippen molar-refractivity contribution in [3.05, 3.63) is 179 Å². The third-order valence-corrected chi connectivity index (χ3v) is 16.3. The van der Waals surface area contributed by atoms with E-state index in [9.17, 15) is 0 Å². The predicted molar refractivity (Wildman–Crippen MR) is 294 cm³/mol. The van der Waals surface area contributed by atoms with Crippen LogP contribution in [0.3, 0.4) is 0 Å². The molecule has 68 heavy (non-hydrogen) atoms. The zero-order chi connectivity index (χ0) is 47.4. The number of aromatic nitrogens is 1. The number of benzene rings is 8. The smallest absolute Gasteiger partial charge is 0.333 e. The normalized spacial score (nSPS) is 15.7. The van der Waals surface area contributed by atoms with Crippen LogP contribution >= 0.6 is 0 Å². The summed E-state index contributed by atoms with van der Waals surface area (Å²) in [4.78, 5) is 5.22. The summed E-state index contributed by atoms with van der Waals surface area (Å²) in [7, 11) is 0. The highest BCUT2D eigenvalue weighted by molar-refractivity contribution is 6.93. The van der Waals surface area contributed by atoms with Gasteiger partial charge in [-0.05, 0) is 176 Å². The predicted octanol–water partition coefficient (Wildman–Crippen LogP) is 16.2. The minimum atomic E-state index is -0.0451. The zero-order valence-electron chi connectivity index (χ0n) is 42.2. The molecule has 1 aromatic heterocycles. The molecule has 0 atom stereocenters. The van der Waals surface area contributed by atoms with E-state index in [1.165, 1.54) is 118 Å². The molecule has 0 bridgehead atoms. The van der Waals surface area contributed by atoms with Gasteiger partial charge in [0.2, 0.25) is 0 Å². The second kappa shape index (κ2) is 14.5. The average molecular weight is 886 g/mol. The minimum Gasteiger partial charge on any atom is -0.376 e. The Morgan fingerprint density at radius 2 is 1.10 bits per heavy atom. The molecule has 12 rings (SSSR count). The van der Waals surface area contributed by atoms with E-state index in [1.807, 2.05) is 0 Å². The molecule has 0 fully saturated rings. The van der Waals surface area contributed by atoms with Crippen molar-refractivity contribution in [2.24, 2.45) is 0 Å². The van der Waals surface area contributed by atoms with Gasteiger partial charge in [-0.2, -0.15) is 0 Å². The number of rotatable bonds is 4. The highest BCUT2D eigenvalue weighted by atomic mass is 15.1. The Balaban J connectivity index is 1.16. The third-order valence-electron chi connectivity index (χ3n) is 16.3. The van der Waals surface area contributed by atoms with Crippen LogP contribution in [0.1, 0.15) is 115 Å². The van der Waals surface area contributed by atoms with Gasteiger partial charge in [-0.1, -0.05) is 148 Å². The van der Waals surface area contributed by atoms with Crippen molar-refractivity contribution in [3.63, 3.8) is 0 Å². The van der Waals surface area contributed by atoms with Gasteiger partial charge >= 0.3 is 6.85 Å². The van der Waals surface area contributed by atoms with Gasteiger partial charge in [0, 0.05) is 50.5 Å². The maximum Gasteiger partial charge on any atom is 0.333 e. The van der Waals surface area contributed by atoms with Gasteiger partial charge in [0.1, 0.15) is 0 Å². The number of anilines is 5. The van der Waals surface area contributed by atoms with Crippen LogP contribution in [-0.4, -0.2) is 11.4 Å². The quantitative estimate of drug-likeness (QED) is 0.163. The number of nitrogens with zero attached hydrogens (tertiary/aromatic N) is 3. The van der Waals surface area contributed by atoms with Crippen LogP contribution < -0.4 is 20.6 Å². The standard InChI is InChI=1S/C64H64BN3/c1-39-32-51-50-37-47(66(45-24-20-43(21-25-45)61(3,4)5)46-26-22-44(23-27-46)62(6,7)8)28-29-55(50)68(56-38-53-52(34-40(56)2)63(9,10)30-31-64(53,11)12)65-54-19-15-18-48-49-35-41-16-13-14-17-42(41)36-57(49)67(60(48)54)58(33-39)59(51)65/h13-29,32-38H,30-31H2,1-12H3. The molecular weight excluding hydrogens is 822 g/mol. The van der Waals surface area contributed by atoms with Crippen LogP contribution in [0.5, 0.6) is 0 Å². The van der Waals surface area contributed by atoms with Crippen LogP contribution in [0.25, 0.3) is 49.4 Å². The molecule has 0 unspecified atom stereocenters. The topological polar surface area (TPSA) is 11.4 Å². The van der Waals surface area contributed by atoms with E-state index in [4.69, 9.17) is 0 Å². The summed E-state index contributed by atoms with van der Waals surface area (Å²) in [6.07, 6.45) is 2.36. The van der Waals surface area contributed by atoms with Crippen molar-refractivity contribution in [3.8, 4) is 16.8 Å². The number of para-hydroxylation sites is 1. The van der Waals surface area contributed by atoms with Crippen LogP contribution in [0.2, 0.25) is 0 Å². The summed E-state index contributed by atoms with van der Waals surface area (Å²) in [6.45, 7) is 28.2. The second-order valence-corrected chi connectivity index (χ2v) is 23.9. The minimum absolute atomic E-state index is 0.0451. The fourth-order valence-corrected chi connectivity index (χ4v) is 12.3. The summed E-state index contributed by atoms with van der Waals surface area (Å²) < 4.78 is 2.62. The molecule has 9 aromatic rings. The lowest BCUT2D eigenvalue weighted by atomic mass is 9.43. The van der Waals surface area contributed by atoms with E-state index in [1.54, 1.807) is 0 Å². The van der Waals surface area contributed by atoms with Gasteiger partial charge in [-0.15, -0.1) is 0 Å². The van der Waals surface area contributed by atoms with Crippen molar-refractivity contribution in [2.75, 3.05) is 9.71 Å². The first kappa shape index (κ1) is 42.8. The summed E-state index contributed by atoms with van der Waals surface area (Å²) in [5.74, 6) is 0. The monoisotopic (exact) mass is 886 g/mol. The van der Waals surface area contributed by atoms with E-state index in [0.29, 0.717) is 0 Å². The maximum atomic E-state index is 2.75. The van der Waals surface area contributed by atoms with Crippen LogP contribution in [0, 0.1) is 13.8 Å². The SMILES string of the molecule is Cc1cc2c3c(c1)-n1c4cc5ccccc5cc4c4cccc(c41)B3N(c1cc3c(cc1C)C(C)(C)CCC3(C)C)c1ccc(N(c3ccc(C(C)(C)C)cc3)c3ccc(C(C)(C)C)cc3)cc1-2. The molecular formula is C64H64BN3. The van der Waals surface area contributed by atoms with E-state index >= 15 is 0 Å². The molecule has 3 nitrogen and oxygen atoms in total. The Morgan fingerprint density at radius 1 is 0.515 bits per heavy atom. The summed E-state index contributed by atoms with van der Waals surface area (Å²) >= 11 is 0. The average Bonchev–Trinajstić information content (AvgIpc) is 3.62. The number of hydrogen-bond donors (Lipinski definition) is 0. The second-order valence-electron chi connectivity index (χ2n) is 23.9. The maximum absolute atomic E-state index is 2.75. The summed E-state index contributed by atoms with van der Waals surface area (Å²) in [5.41, 5.74) is 23.7. The molecule has 0 N–H and O–H groups in total. The molecule has 3 heterocycles. The molecule has 0 amide bonds. The van der Waals surface area contributed by atoms with Crippen LogP contribution in [-0.2, 0) is 21.7 Å². The lowest BCUT2D eigenvalue weighted by Crippen LogP contribution is -2.60. The fraction of sp³-hybridized carbons (Fsp3) is 0.281. The lowest BCUT2D eigenvalue weighted by molar-refractivity contribution is 0.332. The van der Waals surface area contributed by atoms with Gasteiger partial charge in [0.05, 0.1) is 11.0 Å². The Bertz CT molecular complexity index is 3500. The molecule has 0 saturated carbocycles. The van der Waals surface area contributed by atoms with Crippen molar-refractivity contribution in [1.29, 1.82) is 0 Å². The highest BCUT2D eigenvalue weighted by Gasteiger charge is 2.46. The van der Waals surface area contributed by atoms with E-state index in [2.05, 4.69) is 243 Å². The Morgan fingerprint density at radius 3 is 1.72 bits per heavy atom. The molecule has 0 saturated heterocycles. The van der Waals surface area contributed by atoms with Crippen LogP contribution in [0.4, 0.5) is 28.4 Å². The molecule has 3 aliphatic rings. The third kappa shape index (κ3) is 6.39. The fourth-order valence-electron chi connectivity index (χ4n) is 12.3. The number of hydrogen-bond acceptors (Lipinski definition) is 2. The molecule has 338 valence electrons. The molecule has 4 heteroatoms.